The average molecular weight is 437 g/mol. The number of aryl methyl sites for hydroxylation is 2. The highest BCUT2D eigenvalue weighted by atomic mass is 32.2. The van der Waals surface area contributed by atoms with Crippen LogP contribution < -0.4 is 9.62 Å². The smallest absolute Gasteiger partial charge is 0.252 e. The summed E-state index contributed by atoms with van der Waals surface area (Å²) in [5, 5.41) is 0.702. The van der Waals surface area contributed by atoms with Gasteiger partial charge >= 0.3 is 0 Å². The van der Waals surface area contributed by atoms with E-state index < -0.39 is 15.6 Å². The van der Waals surface area contributed by atoms with Crippen LogP contribution >= 0.6 is 11.3 Å². The van der Waals surface area contributed by atoms with Gasteiger partial charge in [-0.05, 0) is 39.8 Å². The first kappa shape index (κ1) is 21.7. The minimum atomic E-state index is -3.72. The third-order valence-corrected chi connectivity index (χ3v) is 8.24. The maximum atomic E-state index is 12.8. The van der Waals surface area contributed by atoms with Gasteiger partial charge in [0.2, 0.25) is 5.91 Å². The fourth-order valence-electron chi connectivity index (χ4n) is 3.55. The second kappa shape index (κ2) is 8.41. The van der Waals surface area contributed by atoms with Gasteiger partial charge in [0.15, 0.2) is 4.21 Å². The molecule has 0 radical (unpaired) electrons. The summed E-state index contributed by atoms with van der Waals surface area (Å²) in [6.07, 6.45) is 0.106. The Balaban J connectivity index is 1.59. The van der Waals surface area contributed by atoms with Crippen molar-refractivity contribution >= 4 is 33.0 Å². The van der Waals surface area contributed by atoms with E-state index in [0.29, 0.717) is 23.8 Å². The van der Waals surface area contributed by atoms with Crippen LogP contribution in [0.15, 0.2) is 34.5 Å². The van der Waals surface area contributed by atoms with Crippen molar-refractivity contribution in [2.45, 2.75) is 43.9 Å². The normalized spacial score (nSPS) is 15.6. The molecule has 0 aliphatic carbocycles. The Bertz CT molecular complexity index is 963. The molecule has 1 aliphatic heterocycles. The summed E-state index contributed by atoms with van der Waals surface area (Å²) in [5.41, 5.74) is 0.749. The summed E-state index contributed by atoms with van der Waals surface area (Å²) < 4.78 is 28.4. The molecular formula is C20H28N4O3S2. The molecule has 1 fully saturated rings. The van der Waals surface area contributed by atoms with Crippen molar-refractivity contribution in [2.24, 2.45) is 0 Å². The number of hydrogen-bond acceptors (Lipinski definition) is 6. The average Bonchev–Trinajstić information content (AvgIpc) is 3.00. The van der Waals surface area contributed by atoms with Crippen LogP contribution in [0.3, 0.4) is 0 Å². The van der Waals surface area contributed by atoms with Crippen LogP contribution in [-0.2, 0) is 14.8 Å². The fraction of sp³-hybridized carbons (Fsp3) is 0.500. The number of hydrogen-bond donors (Lipinski definition) is 1. The number of sulfonamides is 1. The maximum absolute atomic E-state index is 12.8. The highest BCUT2D eigenvalue weighted by Crippen LogP contribution is 2.25. The number of para-hydroxylation sites is 1. The number of nitrogens with zero attached hydrogens (tertiary/aromatic N) is 3. The summed E-state index contributed by atoms with van der Waals surface area (Å²) in [7, 11) is -3.72. The SMILES string of the molecule is Cc1nc(C)c(S(=O)(=O)NC(C)(C)CC(=O)N2CCN(c3ccccc3)CC2)s1. The molecule has 1 saturated heterocycles. The first-order chi connectivity index (χ1) is 13.6. The standard InChI is InChI=1S/C20H28N4O3S2/c1-15-19(28-16(2)21-15)29(26,27)22-20(3,4)14-18(25)24-12-10-23(11-13-24)17-8-6-5-7-9-17/h5-9,22H,10-14H2,1-4H3. The molecule has 0 atom stereocenters. The van der Waals surface area contributed by atoms with Gasteiger partial charge in [-0.2, -0.15) is 0 Å². The number of rotatable bonds is 6. The van der Waals surface area contributed by atoms with E-state index in [-0.39, 0.29) is 16.5 Å². The molecule has 0 saturated carbocycles. The summed E-state index contributed by atoms with van der Waals surface area (Å²) in [6, 6.07) is 10.1. The van der Waals surface area contributed by atoms with E-state index in [9.17, 15) is 13.2 Å². The minimum absolute atomic E-state index is 0.0392. The molecule has 158 valence electrons. The zero-order valence-electron chi connectivity index (χ0n) is 17.3. The van der Waals surface area contributed by atoms with Crippen LogP contribution in [-0.4, -0.2) is 55.9 Å². The van der Waals surface area contributed by atoms with Gasteiger partial charge in [0.1, 0.15) is 0 Å². The monoisotopic (exact) mass is 436 g/mol. The largest absolute Gasteiger partial charge is 0.368 e. The summed E-state index contributed by atoms with van der Waals surface area (Å²) >= 11 is 1.14. The lowest BCUT2D eigenvalue weighted by Gasteiger charge is -2.37. The van der Waals surface area contributed by atoms with Gasteiger partial charge in [0.25, 0.3) is 10.0 Å². The van der Waals surface area contributed by atoms with E-state index in [1.807, 2.05) is 23.1 Å². The van der Waals surface area contributed by atoms with E-state index in [1.165, 1.54) is 0 Å². The van der Waals surface area contributed by atoms with Crippen molar-refractivity contribution < 1.29 is 13.2 Å². The molecule has 1 amide bonds. The Kier molecular flexibility index (Phi) is 6.30. The molecule has 1 N–H and O–H groups in total. The van der Waals surface area contributed by atoms with Crippen LogP contribution in [0.1, 0.15) is 31.0 Å². The lowest BCUT2D eigenvalue weighted by atomic mass is 10.0. The Hall–Kier alpha value is -1.97. The topological polar surface area (TPSA) is 82.6 Å². The van der Waals surface area contributed by atoms with Gasteiger partial charge in [-0.3, -0.25) is 4.79 Å². The molecule has 0 bridgehead atoms. The first-order valence-electron chi connectivity index (χ1n) is 9.63. The zero-order chi connectivity index (χ0) is 21.2. The molecule has 9 heteroatoms. The number of carbonyl (C=O) groups excluding carboxylic acids is 1. The van der Waals surface area contributed by atoms with Crippen molar-refractivity contribution in [1.82, 2.24) is 14.6 Å². The van der Waals surface area contributed by atoms with E-state index in [4.69, 9.17) is 0 Å². The van der Waals surface area contributed by atoms with Crippen molar-refractivity contribution in [1.29, 1.82) is 0 Å². The van der Waals surface area contributed by atoms with E-state index >= 15 is 0 Å². The maximum Gasteiger partial charge on any atom is 0.252 e. The zero-order valence-corrected chi connectivity index (χ0v) is 18.9. The van der Waals surface area contributed by atoms with Crippen LogP contribution in [0.5, 0.6) is 0 Å². The van der Waals surface area contributed by atoms with Crippen LogP contribution in [0, 0.1) is 13.8 Å². The highest BCUT2D eigenvalue weighted by molar-refractivity contribution is 7.91. The number of nitrogens with one attached hydrogen (secondary N) is 1. The number of thiazole rings is 1. The molecule has 2 aromatic rings. The molecule has 29 heavy (non-hydrogen) atoms. The Morgan fingerprint density at radius 1 is 1.14 bits per heavy atom. The van der Waals surface area contributed by atoms with Gasteiger partial charge in [0, 0.05) is 43.8 Å². The number of amides is 1. The Morgan fingerprint density at radius 2 is 1.76 bits per heavy atom. The number of carbonyl (C=O) groups is 1. The van der Waals surface area contributed by atoms with Crippen LogP contribution in [0.2, 0.25) is 0 Å². The third kappa shape index (κ3) is 5.34. The number of piperazine rings is 1. The van der Waals surface area contributed by atoms with Gasteiger partial charge in [-0.15, -0.1) is 11.3 Å². The molecule has 7 nitrogen and oxygen atoms in total. The van der Waals surface area contributed by atoms with Crippen molar-refractivity contribution in [3.8, 4) is 0 Å². The van der Waals surface area contributed by atoms with Crippen molar-refractivity contribution in [2.75, 3.05) is 31.1 Å². The molecule has 0 spiro atoms. The van der Waals surface area contributed by atoms with Gasteiger partial charge in [-0.1, -0.05) is 18.2 Å². The van der Waals surface area contributed by atoms with Crippen LogP contribution in [0.4, 0.5) is 5.69 Å². The van der Waals surface area contributed by atoms with E-state index in [0.717, 1.165) is 30.1 Å². The van der Waals surface area contributed by atoms with E-state index in [2.05, 4.69) is 26.7 Å². The third-order valence-electron chi connectivity index (χ3n) is 4.86. The minimum Gasteiger partial charge on any atom is -0.368 e. The van der Waals surface area contributed by atoms with Crippen molar-refractivity contribution in [3.63, 3.8) is 0 Å². The quantitative estimate of drug-likeness (QED) is 0.753. The summed E-state index contributed by atoms with van der Waals surface area (Å²) in [6.45, 7) is 9.73. The first-order valence-corrected chi connectivity index (χ1v) is 11.9. The van der Waals surface area contributed by atoms with E-state index in [1.54, 1.807) is 27.7 Å². The molecule has 1 aliphatic rings. The number of aromatic nitrogens is 1. The molecule has 0 unspecified atom stereocenters. The Labute approximate surface area is 176 Å². The summed E-state index contributed by atoms with van der Waals surface area (Å²) in [5.74, 6) is -0.0392. The molecule has 3 rings (SSSR count). The molecule has 2 heterocycles. The molecule has 1 aromatic heterocycles. The second-order valence-electron chi connectivity index (χ2n) is 7.98. The highest BCUT2D eigenvalue weighted by Gasteiger charge is 2.33. The van der Waals surface area contributed by atoms with Gasteiger partial charge in [0.05, 0.1) is 10.7 Å². The van der Waals surface area contributed by atoms with Gasteiger partial charge < -0.3 is 9.80 Å². The predicted octanol–water partition coefficient (Wildman–Crippen LogP) is 2.56. The molecule has 1 aromatic carbocycles. The fourth-order valence-corrected chi connectivity index (χ4v) is 6.45. The molecular weight excluding hydrogens is 408 g/mol. The summed E-state index contributed by atoms with van der Waals surface area (Å²) in [4.78, 5) is 21.1. The van der Waals surface area contributed by atoms with Crippen LogP contribution in [0.25, 0.3) is 0 Å². The number of anilines is 1. The predicted molar refractivity (Wildman–Crippen MR) is 116 cm³/mol. The number of benzene rings is 1. The lowest BCUT2D eigenvalue weighted by Crippen LogP contribution is -2.52. The van der Waals surface area contributed by atoms with Crippen molar-refractivity contribution in [3.05, 3.63) is 41.0 Å². The van der Waals surface area contributed by atoms with Gasteiger partial charge in [-0.25, -0.2) is 18.1 Å². The Morgan fingerprint density at radius 3 is 2.31 bits per heavy atom. The second-order valence-corrected chi connectivity index (χ2v) is 11.1. The lowest BCUT2D eigenvalue weighted by molar-refractivity contribution is -0.132.